The summed E-state index contributed by atoms with van der Waals surface area (Å²) >= 11 is 0. The Bertz CT molecular complexity index is 975. The summed E-state index contributed by atoms with van der Waals surface area (Å²) in [5, 5.41) is 11.4. The van der Waals surface area contributed by atoms with Crippen LogP contribution in [0.15, 0.2) is 48.7 Å². The molecule has 7 nitrogen and oxygen atoms in total. The number of ether oxygens (including phenoxy) is 1. The van der Waals surface area contributed by atoms with Gasteiger partial charge in [-0.1, -0.05) is 35.9 Å². The van der Waals surface area contributed by atoms with Gasteiger partial charge in [0.15, 0.2) is 5.65 Å². The molecular formula is C21H24FN5O2. The maximum atomic E-state index is 14.7. The lowest BCUT2D eigenvalue weighted by atomic mass is 9.95. The van der Waals surface area contributed by atoms with E-state index in [0.29, 0.717) is 25.5 Å². The van der Waals surface area contributed by atoms with Crippen LogP contribution in [0.3, 0.4) is 0 Å². The summed E-state index contributed by atoms with van der Waals surface area (Å²) in [4.78, 5) is 13.7. The molecular weight excluding hydrogens is 373 g/mol. The van der Waals surface area contributed by atoms with Crippen LogP contribution < -0.4 is 5.32 Å². The van der Waals surface area contributed by atoms with Crippen LogP contribution >= 0.6 is 0 Å². The number of hydrogen-bond donors (Lipinski definition) is 1. The van der Waals surface area contributed by atoms with E-state index in [1.165, 1.54) is 4.90 Å². The first-order valence-corrected chi connectivity index (χ1v) is 9.75. The number of rotatable bonds is 5. The molecule has 1 fully saturated rings. The van der Waals surface area contributed by atoms with Crippen molar-refractivity contribution in [2.24, 2.45) is 5.92 Å². The number of carbonyl (C=O) groups excluding carboxylic acids is 1. The molecule has 0 aliphatic carbocycles. The molecule has 152 valence electrons. The molecule has 1 unspecified atom stereocenters. The van der Waals surface area contributed by atoms with E-state index in [-0.39, 0.29) is 19.1 Å². The van der Waals surface area contributed by atoms with Crippen LogP contribution in [0, 0.1) is 12.8 Å². The van der Waals surface area contributed by atoms with E-state index in [1.807, 2.05) is 60.0 Å². The summed E-state index contributed by atoms with van der Waals surface area (Å²) in [5.74, 6) is 0.389. The smallest absolute Gasteiger partial charge is 0.410 e. The predicted molar refractivity (Wildman–Crippen MR) is 107 cm³/mol. The second-order valence-corrected chi connectivity index (χ2v) is 7.38. The van der Waals surface area contributed by atoms with E-state index < -0.39 is 12.3 Å². The van der Waals surface area contributed by atoms with Gasteiger partial charge in [-0.15, -0.1) is 10.2 Å². The van der Waals surface area contributed by atoms with Crippen molar-refractivity contribution in [2.75, 3.05) is 25.0 Å². The fourth-order valence-electron chi connectivity index (χ4n) is 3.45. The van der Waals surface area contributed by atoms with Gasteiger partial charge in [-0.3, -0.25) is 4.40 Å². The van der Waals surface area contributed by atoms with Crippen LogP contribution in [0.1, 0.15) is 17.5 Å². The zero-order valence-corrected chi connectivity index (χ0v) is 16.3. The molecule has 1 N–H and O–H groups in total. The summed E-state index contributed by atoms with van der Waals surface area (Å²) in [6.45, 7) is 3.14. The molecule has 29 heavy (non-hydrogen) atoms. The van der Waals surface area contributed by atoms with Crippen molar-refractivity contribution in [3.8, 4) is 0 Å². The summed E-state index contributed by atoms with van der Waals surface area (Å²) in [5.41, 5.74) is 2.80. The molecule has 2 aromatic heterocycles. The third-order valence-electron chi connectivity index (χ3n) is 5.25. The lowest BCUT2D eigenvalue weighted by molar-refractivity contribution is 0.0544. The number of pyridine rings is 1. The zero-order chi connectivity index (χ0) is 20.2. The van der Waals surface area contributed by atoms with Crippen LogP contribution in [0.5, 0.6) is 0 Å². The molecule has 0 saturated carbocycles. The molecule has 8 heteroatoms. The Morgan fingerprint density at radius 2 is 2.07 bits per heavy atom. The number of aryl methyl sites for hydroxylation is 1. The molecule has 1 aliphatic heterocycles. The Morgan fingerprint density at radius 3 is 2.86 bits per heavy atom. The van der Waals surface area contributed by atoms with Gasteiger partial charge >= 0.3 is 6.09 Å². The molecule has 0 bridgehead atoms. The number of aromatic nitrogens is 3. The number of fused-ring (bicyclic) bond motifs is 1. The van der Waals surface area contributed by atoms with E-state index in [4.69, 9.17) is 4.74 Å². The average Bonchev–Trinajstić information content (AvgIpc) is 3.15. The molecule has 3 heterocycles. The molecule has 1 aromatic carbocycles. The third-order valence-corrected chi connectivity index (χ3v) is 5.25. The third kappa shape index (κ3) is 4.47. The molecule has 1 aliphatic rings. The Balaban J connectivity index is 1.26. The van der Waals surface area contributed by atoms with Gasteiger partial charge in [-0.2, -0.15) is 0 Å². The minimum atomic E-state index is -1.12. The molecule has 4 rings (SSSR count). The van der Waals surface area contributed by atoms with Crippen LogP contribution in [0.2, 0.25) is 0 Å². The maximum absolute atomic E-state index is 14.7. The van der Waals surface area contributed by atoms with Crippen molar-refractivity contribution in [3.63, 3.8) is 0 Å². The normalized spacial score (nSPS) is 19.3. The number of amides is 1. The summed E-state index contributed by atoms with van der Waals surface area (Å²) < 4.78 is 21.8. The number of benzene rings is 1. The number of piperidine rings is 1. The van der Waals surface area contributed by atoms with Crippen molar-refractivity contribution in [3.05, 3.63) is 59.8 Å². The van der Waals surface area contributed by atoms with Gasteiger partial charge in [0, 0.05) is 25.2 Å². The Hall–Kier alpha value is -3.16. The molecule has 1 amide bonds. The lowest BCUT2D eigenvalue weighted by Crippen LogP contribution is -2.46. The van der Waals surface area contributed by atoms with Crippen molar-refractivity contribution < 1.29 is 13.9 Å². The number of nitrogens with zero attached hydrogens (tertiary/aromatic N) is 4. The number of nitrogens with one attached hydrogen (secondary N) is 1. The van der Waals surface area contributed by atoms with E-state index >= 15 is 0 Å². The highest BCUT2D eigenvalue weighted by Crippen LogP contribution is 2.22. The zero-order valence-electron chi connectivity index (χ0n) is 16.3. The topological polar surface area (TPSA) is 71.8 Å². The second-order valence-electron chi connectivity index (χ2n) is 7.38. The number of alkyl halides is 1. The van der Waals surface area contributed by atoms with Crippen LogP contribution in [-0.2, 0) is 11.3 Å². The first-order chi connectivity index (χ1) is 14.1. The maximum Gasteiger partial charge on any atom is 0.410 e. The van der Waals surface area contributed by atoms with Crippen LogP contribution in [0.25, 0.3) is 5.65 Å². The van der Waals surface area contributed by atoms with Gasteiger partial charge in [-0.25, -0.2) is 9.18 Å². The van der Waals surface area contributed by atoms with E-state index in [2.05, 4.69) is 15.5 Å². The Labute approximate surface area is 168 Å². The Kier molecular flexibility index (Phi) is 5.59. The fourth-order valence-corrected chi connectivity index (χ4v) is 3.45. The second kappa shape index (κ2) is 8.46. The average molecular weight is 397 g/mol. The highest BCUT2D eigenvalue weighted by Gasteiger charge is 2.32. The number of carbonyl (C=O) groups is 1. The van der Waals surface area contributed by atoms with Crippen molar-refractivity contribution in [2.45, 2.75) is 26.1 Å². The van der Waals surface area contributed by atoms with Gasteiger partial charge in [0.1, 0.15) is 12.8 Å². The summed E-state index contributed by atoms with van der Waals surface area (Å²) in [6, 6.07) is 13.4. The van der Waals surface area contributed by atoms with E-state index in [1.54, 1.807) is 0 Å². The molecule has 0 radical (unpaired) electrons. The van der Waals surface area contributed by atoms with Gasteiger partial charge in [0.2, 0.25) is 5.95 Å². The first kappa shape index (κ1) is 19.2. The fraction of sp³-hybridized carbons (Fsp3) is 0.381. The Morgan fingerprint density at radius 1 is 1.24 bits per heavy atom. The largest absolute Gasteiger partial charge is 0.445 e. The van der Waals surface area contributed by atoms with Gasteiger partial charge in [-0.05, 0) is 31.0 Å². The highest BCUT2D eigenvalue weighted by molar-refractivity contribution is 5.67. The summed E-state index contributed by atoms with van der Waals surface area (Å²) in [7, 11) is 0. The SMILES string of the molecule is Cc1ccc(COC(=O)N2CCC(CNc3nnc4ccccn34)[C@H](F)C2)cc1. The standard InChI is InChI=1S/C21H24FN5O2/c1-15-5-7-16(8-6-15)14-29-21(28)26-11-9-17(18(22)13-26)12-23-20-25-24-19-4-2-3-10-27(19)20/h2-8,10,17-18H,9,11-14H2,1H3,(H,23,25)/t17?,18-/m1/s1. The minimum absolute atomic E-state index is 0.0413. The van der Waals surface area contributed by atoms with Crippen molar-refractivity contribution >= 4 is 17.7 Å². The monoisotopic (exact) mass is 397 g/mol. The molecule has 2 atom stereocenters. The lowest BCUT2D eigenvalue weighted by Gasteiger charge is -2.34. The number of likely N-dealkylation sites (tertiary alicyclic amines) is 1. The van der Waals surface area contributed by atoms with Crippen LogP contribution in [0.4, 0.5) is 15.1 Å². The van der Waals surface area contributed by atoms with Crippen LogP contribution in [-0.4, -0.2) is 51.4 Å². The molecule has 1 saturated heterocycles. The van der Waals surface area contributed by atoms with Gasteiger partial charge in [0.25, 0.3) is 0 Å². The van der Waals surface area contributed by atoms with Gasteiger partial charge < -0.3 is 15.0 Å². The van der Waals surface area contributed by atoms with E-state index in [0.717, 1.165) is 16.8 Å². The van der Waals surface area contributed by atoms with E-state index in [9.17, 15) is 9.18 Å². The predicted octanol–water partition coefficient (Wildman–Crippen LogP) is 3.45. The van der Waals surface area contributed by atoms with Gasteiger partial charge in [0.05, 0.1) is 6.54 Å². The van der Waals surface area contributed by atoms with Crippen molar-refractivity contribution in [1.29, 1.82) is 0 Å². The number of hydrogen-bond acceptors (Lipinski definition) is 5. The summed E-state index contributed by atoms with van der Waals surface area (Å²) in [6.07, 6.45) is 0.826. The minimum Gasteiger partial charge on any atom is -0.445 e. The quantitative estimate of drug-likeness (QED) is 0.714. The highest BCUT2D eigenvalue weighted by atomic mass is 19.1. The molecule has 0 spiro atoms. The molecule has 3 aromatic rings. The number of halogens is 1. The number of anilines is 1. The first-order valence-electron chi connectivity index (χ1n) is 9.75. The van der Waals surface area contributed by atoms with Crippen molar-refractivity contribution in [1.82, 2.24) is 19.5 Å².